The standard InChI is InChI=1S/C5H5NO3/c1-6-9-5(8)3-2-4-7/h4,6H,1H3. The molecule has 0 unspecified atom stereocenters. The predicted molar refractivity (Wildman–Crippen MR) is 29.0 cm³/mol. The second-order valence-electron chi connectivity index (χ2n) is 0.981. The van der Waals surface area contributed by atoms with Crippen LogP contribution in [0.2, 0.25) is 0 Å². The van der Waals surface area contributed by atoms with Gasteiger partial charge in [0.15, 0.2) is 6.29 Å². The zero-order chi connectivity index (χ0) is 7.11. The average Bonchev–Trinajstić information content (AvgIpc) is 1.85. The summed E-state index contributed by atoms with van der Waals surface area (Å²) in [5.41, 5.74) is 2.11. The Kier molecular flexibility index (Phi) is 4.09. The van der Waals surface area contributed by atoms with Crippen LogP contribution in [0.15, 0.2) is 0 Å². The van der Waals surface area contributed by atoms with Gasteiger partial charge in [-0.3, -0.25) is 4.79 Å². The van der Waals surface area contributed by atoms with E-state index in [2.05, 4.69) is 10.3 Å². The summed E-state index contributed by atoms with van der Waals surface area (Å²) >= 11 is 0. The van der Waals surface area contributed by atoms with Crippen LogP contribution in [0.4, 0.5) is 0 Å². The lowest BCUT2D eigenvalue weighted by Crippen LogP contribution is -2.12. The highest BCUT2D eigenvalue weighted by atomic mass is 16.7. The molecule has 0 aromatic heterocycles. The summed E-state index contributed by atoms with van der Waals surface area (Å²) < 4.78 is 0. The molecule has 0 aromatic carbocycles. The summed E-state index contributed by atoms with van der Waals surface area (Å²) in [6.45, 7) is 0. The highest BCUT2D eigenvalue weighted by Crippen LogP contribution is 1.64. The predicted octanol–water partition coefficient (Wildman–Crippen LogP) is -1.13. The average molecular weight is 127 g/mol. The molecule has 48 valence electrons. The van der Waals surface area contributed by atoms with Gasteiger partial charge in [0.2, 0.25) is 0 Å². The van der Waals surface area contributed by atoms with Crippen LogP contribution in [-0.4, -0.2) is 19.3 Å². The molecule has 0 saturated carbocycles. The van der Waals surface area contributed by atoms with Gasteiger partial charge in [-0.05, 0) is 5.92 Å². The summed E-state index contributed by atoms with van der Waals surface area (Å²) in [7, 11) is 1.42. The highest BCUT2D eigenvalue weighted by molar-refractivity contribution is 5.93. The SMILES string of the molecule is CNOC(=O)C#CC=O. The number of hydrogen-bond donors (Lipinski definition) is 1. The number of nitrogens with one attached hydrogen (secondary N) is 1. The number of aldehydes is 1. The molecular weight excluding hydrogens is 122 g/mol. The van der Waals surface area contributed by atoms with Crippen molar-refractivity contribution >= 4 is 12.3 Å². The van der Waals surface area contributed by atoms with E-state index in [1.807, 2.05) is 11.8 Å². The van der Waals surface area contributed by atoms with Gasteiger partial charge < -0.3 is 4.84 Å². The molecule has 0 aliphatic rings. The third-order valence-corrected chi connectivity index (χ3v) is 0.428. The molecular formula is C5H5NO3. The van der Waals surface area contributed by atoms with E-state index in [1.54, 1.807) is 0 Å². The number of hydroxylamine groups is 1. The lowest BCUT2D eigenvalue weighted by atomic mass is 10.6. The van der Waals surface area contributed by atoms with Crippen LogP contribution in [0.1, 0.15) is 0 Å². The van der Waals surface area contributed by atoms with Gasteiger partial charge >= 0.3 is 5.97 Å². The zero-order valence-electron chi connectivity index (χ0n) is 4.80. The Labute approximate surface area is 52.1 Å². The molecule has 0 rings (SSSR count). The molecule has 0 aromatic rings. The Balaban J connectivity index is 3.62. The first-order valence-corrected chi connectivity index (χ1v) is 2.14. The summed E-state index contributed by atoms with van der Waals surface area (Å²) in [6, 6.07) is 0. The first-order valence-electron chi connectivity index (χ1n) is 2.14. The van der Waals surface area contributed by atoms with Crippen molar-refractivity contribution in [2.24, 2.45) is 0 Å². The van der Waals surface area contributed by atoms with E-state index < -0.39 is 5.97 Å². The molecule has 9 heavy (non-hydrogen) atoms. The lowest BCUT2D eigenvalue weighted by molar-refractivity contribution is -0.142. The Morgan fingerprint density at radius 3 is 2.89 bits per heavy atom. The summed E-state index contributed by atoms with van der Waals surface area (Å²) in [5, 5.41) is 0. The Morgan fingerprint density at radius 1 is 1.78 bits per heavy atom. The normalized spacial score (nSPS) is 6.78. The van der Waals surface area contributed by atoms with Crippen molar-refractivity contribution in [2.75, 3.05) is 7.05 Å². The van der Waals surface area contributed by atoms with E-state index >= 15 is 0 Å². The van der Waals surface area contributed by atoms with Crippen LogP contribution in [0.3, 0.4) is 0 Å². The second kappa shape index (κ2) is 4.81. The first kappa shape index (κ1) is 7.66. The van der Waals surface area contributed by atoms with Crippen molar-refractivity contribution in [3.8, 4) is 11.8 Å². The zero-order valence-corrected chi connectivity index (χ0v) is 4.80. The molecule has 0 saturated heterocycles. The van der Waals surface area contributed by atoms with E-state index in [4.69, 9.17) is 0 Å². The Hall–Kier alpha value is -1.34. The van der Waals surface area contributed by atoms with Gasteiger partial charge in [-0.15, -0.1) is 0 Å². The maximum Gasteiger partial charge on any atom is 0.403 e. The minimum atomic E-state index is -0.774. The van der Waals surface area contributed by atoms with Crippen LogP contribution < -0.4 is 5.48 Å². The van der Waals surface area contributed by atoms with E-state index in [0.717, 1.165) is 0 Å². The van der Waals surface area contributed by atoms with Crippen LogP contribution in [0.25, 0.3) is 0 Å². The smallest absolute Gasteiger partial charge is 0.361 e. The van der Waals surface area contributed by atoms with E-state index in [-0.39, 0.29) is 0 Å². The van der Waals surface area contributed by atoms with Crippen LogP contribution in [0.5, 0.6) is 0 Å². The molecule has 0 amide bonds. The maximum absolute atomic E-state index is 10.2. The summed E-state index contributed by atoms with van der Waals surface area (Å²) in [6.07, 6.45) is 0.316. The molecule has 0 spiro atoms. The minimum Gasteiger partial charge on any atom is -0.361 e. The van der Waals surface area contributed by atoms with Crippen LogP contribution in [-0.2, 0) is 14.4 Å². The molecule has 0 atom stereocenters. The highest BCUT2D eigenvalue weighted by Gasteiger charge is 1.90. The van der Waals surface area contributed by atoms with Gasteiger partial charge in [0.1, 0.15) is 0 Å². The van der Waals surface area contributed by atoms with E-state index in [1.165, 1.54) is 7.05 Å². The quantitative estimate of drug-likeness (QED) is 0.275. The van der Waals surface area contributed by atoms with Gasteiger partial charge in [0.05, 0.1) is 0 Å². The van der Waals surface area contributed by atoms with E-state index in [0.29, 0.717) is 6.29 Å². The van der Waals surface area contributed by atoms with Gasteiger partial charge in [-0.2, -0.15) is 5.48 Å². The molecule has 0 fully saturated rings. The molecule has 0 heterocycles. The lowest BCUT2D eigenvalue weighted by Gasteiger charge is -1.90. The number of hydrogen-bond acceptors (Lipinski definition) is 4. The number of carbonyl (C=O) groups excluding carboxylic acids is 2. The summed E-state index contributed by atoms with van der Waals surface area (Å²) in [4.78, 5) is 23.8. The van der Waals surface area contributed by atoms with Crippen molar-refractivity contribution in [3.05, 3.63) is 0 Å². The number of carbonyl (C=O) groups is 2. The second-order valence-corrected chi connectivity index (χ2v) is 0.981. The van der Waals surface area contributed by atoms with Crippen molar-refractivity contribution < 1.29 is 14.4 Å². The molecule has 4 nitrogen and oxygen atoms in total. The molecule has 4 heteroatoms. The first-order chi connectivity index (χ1) is 4.31. The Morgan fingerprint density at radius 2 is 2.44 bits per heavy atom. The minimum absolute atomic E-state index is 0.316. The monoisotopic (exact) mass is 127 g/mol. The van der Waals surface area contributed by atoms with Crippen LogP contribution >= 0.6 is 0 Å². The fourth-order valence-electron chi connectivity index (χ4n) is 0.207. The van der Waals surface area contributed by atoms with Gasteiger partial charge in [0, 0.05) is 13.0 Å². The summed E-state index contributed by atoms with van der Waals surface area (Å²) in [5.74, 6) is 3.01. The van der Waals surface area contributed by atoms with Gasteiger partial charge in [-0.1, -0.05) is 0 Å². The molecule has 0 bridgehead atoms. The van der Waals surface area contributed by atoms with Gasteiger partial charge in [0.25, 0.3) is 0 Å². The fraction of sp³-hybridized carbons (Fsp3) is 0.200. The van der Waals surface area contributed by atoms with Crippen LogP contribution in [0, 0.1) is 11.8 Å². The third-order valence-electron chi connectivity index (χ3n) is 0.428. The largest absolute Gasteiger partial charge is 0.403 e. The maximum atomic E-state index is 10.2. The van der Waals surface area contributed by atoms with Gasteiger partial charge in [-0.25, -0.2) is 4.79 Å². The number of rotatable bonds is 1. The van der Waals surface area contributed by atoms with Crippen molar-refractivity contribution in [1.29, 1.82) is 0 Å². The third kappa shape index (κ3) is 4.51. The molecule has 0 aliphatic carbocycles. The van der Waals surface area contributed by atoms with E-state index in [9.17, 15) is 9.59 Å². The molecule has 1 N–H and O–H groups in total. The van der Waals surface area contributed by atoms with Crippen molar-refractivity contribution in [2.45, 2.75) is 0 Å². The molecule has 0 aliphatic heterocycles. The fourth-order valence-corrected chi connectivity index (χ4v) is 0.207. The van der Waals surface area contributed by atoms with Crippen molar-refractivity contribution in [3.63, 3.8) is 0 Å². The molecule has 0 radical (unpaired) electrons. The topological polar surface area (TPSA) is 55.4 Å². The Bertz CT molecular complexity index is 165. The van der Waals surface area contributed by atoms with Crippen molar-refractivity contribution in [1.82, 2.24) is 5.48 Å².